The van der Waals surface area contributed by atoms with Gasteiger partial charge in [-0.05, 0) is 55.1 Å². The van der Waals surface area contributed by atoms with Crippen molar-refractivity contribution in [1.29, 1.82) is 0 Å². The second-order valence-electron chi connectivity index (χ2n) is 7.42. The molecule has 0 unspecified atom stereocenters. The Morgan fingerprint density at radius 2 is 2.10 bits per heavy atom. The number of amides is 1. The number of thiazole rings is 1. The molecule has 0 radical (unpaired) electrons. The first-order valence-corrected chi connectivity index (χ1v) is 10.8. The average molecular weight is 429 g/mol. The van der Waals surface area contributed by atoms with Gasteiger partial charge >= 0.3 is 0 Å². The Labute approximate surface area is 177 Å². The summed E-state index contributed by atoms with van der Waals surface area (Å²) in [6.45, 7) is 2.13. The topological polar surface area (TPSA) is 58.1 Å². The summed E-state index contributed by atoms with van der Waals surface area (Å²) in [5, 5.41) is 5.88. The van der Waals surface area contributed by atoms with Crippen molar-refractivity contribution >= 4 is 17.2 Å². The second kappa shape index (κ2) is 9.40. The van der Waals surface area contributed by atoms with Crippen LogP contribution in [-0.4, -0.2) is 33.9 Å². The van der Waals surface area contributed by atoms with Crippen LogP contribution in [0.2, 0.25) is 0 Å². The van der Waals surface area contributed by atoms with E-state index in [0.29, 0.717) is 12.2 Å². The predicted molar refractivity (Wildman–Crippen MR) is 111 cm³/mol. The van der Waals surface area contributed by atoms with Crippen LogP contribution in [0.5, 0.6) is 0 Å². The summed E-state index contributed by atoms with van der Waals surface area (Å²) >= 11 is 1.51. The van der Waals surface area contributed by atoms with Gasteiger partial charge < -0.3 is 5.32 Å². The maximum atomic E-state index is 13.6. The maximum Gasteiger partial charge on any atom is 0.270 e. The van der Waals surface area contributed by atoms with Crippen LogP contribution in [-0.2, 0) is 6.54 Å². The normalized spacial score (nSPS) is 18.1. The van der Waals surface area contributed by atoms with Crippen LogP contribution in [0.1, 0.15) is 39.9 Å². The lowest BCUT2D eigenvalue weighted by atomic mass is 9.90. The number of hydrogen-bond acceptors (Lipinski definition) is 5. The number of pyridine rings is 1. The highest BCUT2D eigenvalue weighted by atomic mass is 32.1. The first-order chi connectivity index (χ1) is 14.6. The Bertz CT molecular complexity index is 984. The van der Waals surface area contributed by atoms with Gasteiger partial charge in [0.15, 0.2) is 11.6 Å². The molecule has 0 aliphatic carbocycles. The van der Waals surface area contributed by atoms with E-state index < -0.39 is 11.6 Å². The van der Waals surface area contributed by atoms with Gasteiger partial charge in [0.1, 0.15) is 10.7 Å². The van der Waals surface area contributed by atoms with E-state index in [1.54, 1.807) is 36.7 Å². The van der Waals surface area contributed by atoms with E-state index in [9.17, 15) is 13.6 Å². The van der Waals surface area contributed by atoms with Crippen LogP contribution in [0.15, 0.2) is 54.2 Å². The van der Waals surface area contributed by atoms with Crippen molar-refractivity contribution in [1.82, 2.24) is 20.2 Å². The number of halogens is 2. The smallest absolute Gasteiger partial charge is 0.270 e. The van der Waals surface area contributed by atoms with Crippen LogP contribution < -0.4 is 5.32 Å². The second-order valence-corrected chi connectivity index (χ2v) is 8.35. The van der Waals surface area contributed by atoms with Crippen molar-refractivity contribution in [2.75, 3.05) is 13.1 Å². The number of rotatable bonds is 6. The van der Waals surface area contributed by atoms with Crippen LogP contribution >= 0.6 is 11.3 Å². The van der Waals surface area contributed by atoms with Gasteiger partial charge in [-0.3, -0.25) is 14.7 Å². The van der Waals surface area contributed by atoms with Gasteiger partial charge in [0, 0.05) is 30.9 Å². The molecule has 2 atom stereocenters. The molecule has 1 N–H and O–H groups in total. The van der Waals surface area contributed by atoms with E-state index in [1.807, 2.05) is 5.38 Å². The third-order valence-corrected chi connectivity index (χ3v) is 6.16. The number of benzene rings is 1. The van der Waals surface area contributed by atoms with Crippen LogP contribution in [0, 0.1) is 17.6 Å². The molecule has 4 rings (SSSR count). The first-order valence-electron chi connectivity index (χ1n) is 9.87. The molecule has 5 nitrogen and oxygen atoms in total. The minimum atomic E-state index is -0.837. The number of likely N-dealkylation sites (tertiary alicyclic amines) is 1. The molecule has 3 heterocycles. The summed E-state index contributed by atoms with van der Waals surface area (Å²) in [4.78, 5) is 23.5. The summed E-state index contributed by atoms with van der Waals surface area (Å²) in [5.41, 5.74) is 1.10. The highest BCUT2D eigenvalue weighted by Gasteiger charge is 2.31. The zero-order valence-electron chi connectivity index (χ0n) is 16.3. The van der Waals surface area contributed by atoms with Crippen molar-refractivity contribution in [3.05, 3.63) is 82.1 Å². The maximum absolute atomic E-state index is 13.6. The van der Waals surface area contributed by atoms with Gasteiger partial charge in [-0.1, -0.05) is 12.1 Å². The Morgan fingerprint density at radius 1 is 1.20 bits per heavy atom. The lowest BCUT2D eigenvalue weighted by Gasteiger charge is -2.36. The van der Waals surface area contributed by atoms with Crippen molar-refractivity contribution < 1.29 is 13.6 Å². The standard InChI is InChI=1S/C22H22F2N4OS/c23-17-7-6-15(12-18(17)24)13-28-10-3-4-16(14-28)20(22-26-9-11-30-22)27-21(29)19-5-1-2-8-25-19/h1-2,5-9,11-12,16,20H,3-4,10,13-14H2,(H,27,29)/t16-,20+/m1/s1. The lowest BCUT2D eigenvalue weighted by Crippen LogP contribution is -2.42. The molecule has 8 heteroatoms. The van der Waals surface area contributed by atoms with Gasteiger partial charge in [-0.2, -0.15) is 0 Å². The molecule has 0 spiro atoms. The minimum absolute atomic E-state index is 0.155. The fourth-order valence-corrected chi connectivity index (χ4v) is 4.67. The number of nitrogens with zero attached hydrogens (tertiary/aromatic N) is 3. The van der Waals surface area contributed by atoms with Gasteiger partial charge in [-0.15, -0.1) is 11.3 Å². The molecule has 0 saturated carbocycles. The van der Waals surface area contributed by atoms with E-state index in [0.717, 1.165) is 42.6 Å². The molecule has 1 saturated heterocycles. The number of nitrogens with one attached hydrogen (secondary N) is 1. The van der Waals surface area contributed by atoms with Crippen molar-refractivity contribution in [2.45, 2.75) is 25.4 Å². The van der Waals surface area contributed by atoms with E-state index in [2.05, 4.69) is 20.2 Å². The number of aromatic nitrogens is 2. The zero-order chi connectivity index (χ0) is 20.9. The molecular formula is C22H22F2N4OS. The van der Waals surface area contributed by atoms with Crippen LogP contribution in [0.25, 0.3) is 0 Å². The highest BCUT2D eigenvalue weighted by molar-refractivity contribution is 7.09. The van der Waals surface area contributed by atoms with Crippen molar-refractivity contribution in [2.24, 2.45) is 5.92 Å². The average Bonchev–Trinajstić information content (AvgIpc) is 3.30. The minimum Gasteiger partial charge on any atom is -0.341 e. The number of carbonyl (C=O) groups excluding carboxylic acids is 1. The number of carbonyl (C=O) groups is 1. The summed E-state index contributed by atoms with van der Waals surface area (Å²) in [5.74, 6) is -1.74. The monoisotopic (exact) mass is 428 g/mol. The van der Waals surface area contributed by atoms with Gasteiger partial charge in [0.05, 0.1) is 6.04 Å². The third-order valence-electron chi connectivity index (χ3n) is 5.31. The molecule has 30 heavy (non-hydrogen) atoms. The van der Waals surface area contributed by atoms with Gasteiger partial charge in [0.25, 0.3) is 5.91 Å². The Hall–Kier alpha value is -2.71. The molecule has 1 aliphatic rings. The van der Waals surface area contributed by atoms with Crippen molar-refractivity contribution in [3.8, 4) is 0 Å². The third kappa shape index (κ3) is 4.88. The van der Waals surface area contributed by atoms with E-state index in [4.69, 9.17) is 0 Å². The van der Waals surface area contributed by atoms with E-state index in [-0.39, 0.29) is 17.9 Å². The molecule has 1 aliphatic heterocycles. The first kappa shape index (κ1) is 20.6. The molecule has 1 amide bonds. The quantitative estimate of drug-likeness (QED) is 0.639. The summed E-state index contributed by atoms with van der Waals surface area (Å²) in [7, 11) is 0. The summed E-state index contributed by atoms with van der Waals surface area (Å²) < 4.78 is 26.8. The Balaban J connectivity index is 1.49. The Kier molecular flexibility index (Phi) is 6.44. The largest absolute Gasteiger partial charge is 0.341 e. The lowest BCUT2D eigenvalue weighted by molar-refractivity contribution is 0.0873. The fourth-order valence-electron chi connectivity index (χ4n) is 3.88. The zero-order valence-corrected chi connectivity index (χ0v) is 17.1. The molecule has 1 fully saturated rings. The SMILES string of the molecule is O=C(N[C@H](c1nccs1)[C@@H]1CCCN(Cc2ccc(F)c(F)c2)C1)c1ccccn1. The van der Waals surface area contributed by atoms with Gasteiger partial charge in [0.2, 0.25) is 0 Å². The van der Waals surface area contributed by atoms with Crippen LogP contribution in [0.3, 0.4) is 0 Å². The molecule has 3 aromatic rings. The van der Waals surface area contributed by atoms with Gasteiger partial charge in [-0.25, -0.2) is 13.8 Å². The molecular weight excluding hydrogens is 406 g/mol. The molecule has 0 bridgehead atoms. The summed E-state index contributed by atoms with van der Waals surface area (Å²) in [6, 6.07) is 9.04. The fraction of sp³-hybridized carbons (Fsp3) is 0.318. The Morgan fingerprint density at radius 3 is 2.83 bits per heavy atom. The summed E-state index contributed by atoms with van der Waals surface area (Å²) in [6.07, 6.45) is 5.23. The van der Waals surface area contributed by atoms with Crippen molar-refractivity contribution in [3.63, 3.8) is 0 Å². The predicted octanol–water partition coefficient (Wildman–Crippen LogP) is 4.20. The molecule has 2 aromatic heterocycles. The highest BCUT2D eigenvalue weighted by Crippen LogP contribution is 2.32. The molecule has 156 valence electrons. The number of piperidine rings is 1. The van der Waals surface area contributed by atoms with Crippen LogP contribution in [0.4, 0.5) is 8.78 Å². The van der Waals surface area contributed by atoms with E-state index >= 15 is 0 Å². The van der Waals surface area contributed by atoms with E-state index in [1.165, 1.54) is 17.4 Å². The number of hydrogen-bond donors (Lipinski definition) is 1. The molecule has 1 aromatic carbocycles.